The number of carbonyl (C=O) groups excluding carboxylic acids is 1. The molecule has 4 heteroatoms. The first-order valence-electron chi connectivity index (χ1n) is 3.71. The minimum Gasteiger partial charge on any atom is -0.395 e. The van der Waals surface area contributed by atoms with Gasteiger partial charge in [0.2, 0.25) is 5.91 Å². The number of terminal acetylenes is 1. The number of hydrogen-bond donors (Lipinski definition) is 2. The number of rotatable bonds is 5. The van der Waals surface area contributed by atoms with Crippen molar-refractivity contribution in [2.24, 2.45) is 0 Å². The molecule has 1 amide bonds. The average molecular weight is 170 g/mol. The highest BCUT2D eigenvalue weighted by Gasteiger charge is 2.05. The van der Waals surface area contributed by atoms with E-state index >= 15 is 0 Å². The molecule has 2 N–H and O–H groups in total. The van der Waals surface area contributed by atoms with E-state index in [0.29, 0.717) is 13.1 Å². The van der Waals surface area contributed by atoms with Crippen LogP contribution in [-0.4, -0.2) is 49.2 Å². The zero-order valence-electron chi connectivity index (χ0n) is 7.21. The Morgan fingerprint density at radius 3 is 2.92 bits per heavy atom. The Balaban J connectivity index is 3.51. The molecular weight excluding hydrogens is 156 g/mol. The van der Waals surface area contributed by atoms with Crippen molar-refractivity contribution < 1.29 is 9.90 Å². The van der Waals surface area contributed by atoms with Gasteiger partial charge in [-0.05, 0) is 0 Å². The molecule has 0 aromatic carbocycles. The van der Waals surface area contributed by atoms with Crippen LogP contribution >= 0.6 is 0 Å². The van der Waals surface area contributed by atoms with E-state index in [1.165, 1.54) is 4.90 Å². The Morgan fingerprint density at radius 2 is 2.42 bits per heavy atom. The van der Waals surface area contributed by atoms with Crippen LogP contribution in [0.2, 0.25) is 0 Å². The maximum atomic E-state index is 11.1. The molecule has 0 aliphatic carbocycles. The number of nitrogens with one attached hydrogen (secondary N) is 1. The molecule has 68 valence electrons. The molecule has 0 saturated heterocycles. The average Bonchev–Trinajstić information content (AvgIpc) is 2.05. The lowest BCUT2D eigenvalue weighted by atomic mass is 10.5. The lowest BCUT2D eigenvalue weighted by molar-refractivity contribution is -0.129. The highest BCUT2D eigenvalue weighted by Crippen LogP contribution is 1.81. The number of aliphatic hydroxyl groups is 1. The Hall–Kier alpha value is -1.05. The van der Waals surface area contributed by atoms with Gasteiger partial charge in [0.05, 0.1) is 19.7 Å². The molecule has 0 unspecified atom stereocenters. The second-order valence-electron chi connectivity index (χ2n) is 2.35. The first kappa shape index (κ1) is 11.0. The number of likely N-dealkylation sites (N-methyl/N-ethyl adjacent to an activating group) is 1. The van der Waals surface area contributed by atoms with E-state index < -0.39 is 0 Å². The molecular formula is C8H14N2O2. The molecule has 12 heavy (non-hydrogen) atoms. The maximum Gasteiger partial charge on any atom is 0.236 e. The largest absolute Gasteiger partial charge is 0.395 e. The Bertz CT molecular complexity index is 174. The third-order valence-corrected chi connectivity index (χ3v) is 1.36. The standard InChI is InChI=1S/C8H14N2O2/c1-3-4-9-7-8(12)10(2)5-6-11/h1,9,11H,4-7H2,2H3. The summed E-state index contributed by atoms with van der Waals surface area (Å²) >= 11 is 0. The van der Waals surface area contributed by atoms with E-state index in [1.807, 2.05) is 0 Å². The van der Waals surface area contributed by atoms with Crippen molar-refractivity contribution in [3.05, 3.63) is 0 Å². The Morgan fingerprint density at radius 1 is 1.75 bits per heavy atom. The minimum absolute atomic E-state index is 0.0165. The fraction of sp³-hybridized carbons (Fsp3) is 0.625. The summed E-state index contributed by atoms with van der Waals surface area (Å²) < 4.78 is 0. The number of amides is 1. The SMILES string of the molecule is C#CCNCC(=O)N(C)CCO. The van der Waals surface area contributed by atoms with E-state index in [-0.39, 0.29) is 19.1 Å². The predicted molar refractivity (Wildman–Crippen MR) is 46.4 cm³/mol. The number of hydrogen-bond acceptors (Lipinski definition) is 3. The van der Waals surface area contributed by atoms with E-state index in [4.69, 9.17) is 11.5 Å². The summed E-state index contributed by atoms with van der Waals surface area (Å²) in [6, 6.07) is 0. The zero-order chi connectivity index (χ0) is 9.40. The summed E-state index contributed by atoms with van der Waals surface area (Å²) in [5, 5.41) is 11.3. The third-order valence-electron chi connectivity index (χ3n) is 1.36. The van der Waals surface area contributed by atoms with E-state index in [2.05, 4.69) is 11.2 Å². The number of aliphatic hydroxyl groups excluding tert-OH is 1. The van der Waals surface area contributed by atoms with Gasteiger partial charge in [0.15, 0.2) is 0 Å². The first-order chi connectivity index (χ1) is 5.72. The normalized spacial score (nSPS) is 9.08. The second-order valence-corrected chi connectivity index (χ2v) is 2.35. The van der Waals surface area contributed by atoms with Crippen molar-refractivity contribution in [1.82, 2.24) is 10.2 Å². The highest BCUT2D eigenvalue weighted by atomic mass is 16.3. The van der Waals surface area contributed by atoms with E-state index in [9.17, 15) is 4.79 Å². The van der Waals surface area contributed by atoms with Crippen LogP contribution < -0.4 is 5.32 Å². The second kappa shape index (κ2) is 6.65. The van der Waals surface area contributed by atoms with Gasteiger partial charge in [-0.15, -0.1) is 6.42 Å². The summed E-state index contributed by atoms with van der Waals surface area (Å²) in [7, 11) is 1.64. The summed E-state index contributed by atoms with van der Waals surface area (Å²) in [5.41, 5.74) is 0. The molecule has 0 spiro atoms. The molecule has 0 aromatic rings. The van der Waals surface area contributed by atoms with Gasteiger partial charge in [-0.25, -0.2) is 0 Å². The van der Waals surface area contributed by atoms with Gasteiger partial charge >= 0.3 is 0 Å². The minimum atomic E-state index is -0.0701. The van der Waals surface area contributed by atoms with Gasteiger partial charge in [0.25, 0.3) is 0 Å². The summed E-state index contributed by atoms with van der Waals surface area (Å²) in [6.45, 7) is 0.952. The number of nitrogens with zero attached hydrogens (tertiary/aromatic N) is 1. The van der Waals surface area contributed by atoms with Gasteiger partial charge < -0.3 is 10.0 Å². The number of carbonyl (C=O) groups is 1. The Labute approximate surface area is 72.6 Å². The zero-order valence-corrected chi connectivity index (χ0v) is 7.21. The van der Waals surface area contributed by atoms with Crippen LogP contribution in [0, 0.1) is 12.3 Å². The molecule has 0 radical (unpaired) electrons. The van der Waals surface area contributed by atoms with Crippen LogP contribution in [0.3, 0.4) is 0 Å². The van der Waals surface area contributed by atoms with Crippen molar-refractivity contribution in [3.63, 3.8) is 0 Å². The fourth-order valence-electron chi connectivity index (χ4n) is 0.651. The molecule has 0 bridgehead atoms. The van der Waals surface area contributed by atoms with Crippen LogP contribution in [0.15, 0.2) is 0 Å². The molecule has 0 aliphatic rings. The van der Waals surface area contributed by atoms with Crippen LogP contribution in [-0.2, 0) is 4.79 Å². The van der Waals surface area contributed by atoms with Crippen molar-refractivity contribution in [2.75, 3.05) is 33.3 Å². The molecule has 0 fully saturated rings. The lowest BCUT2D eigenvalue weighted by Gasteiger charge is -2.15. The first-order valence-corrected chi connectivity index (χ1v) is 3.71. The van der Waals surface area contributed by atoms with E-state index in [1.54, 1.807) is 7.05 Å². The van der Waals surface area contributed by atoms with Gasteiger partial charge in [0, 0.05) is 13.6 Å². The van der Waals surface area contributed by atoms with Gasteiger partial charge in [-0.2, -0.15) is 0 Å². The van der Waals surface area contributed by atoms with Crippen molar-refractivity contribution >= 4 is 5.91 Å². The van der Waals surface area contributed by atoms with E-state index in [0.717, 1.165) is 0 Å². The predicted octanol–water partition coefficient (Wildman–Crippen LogP) is -1.34. The molecule has 0 aliphatic heterocycles. The topological polar surface area (TPSA) is 52.6 Å². The lowest BCUT2D eigenvalue weighted by Crippen LogP contribution is -2.37. The maximum absolute atomic E-state index is 11.1. The fourth-order valence-corrected chi connectivity index (χ4v) is 0.651. The van der Waals surface area contributed by atoms with Gasteiger partial charge in [-0.3, -0.25) is 10.1 Å². The van der Waals surface area contributed by atoms with Crippen LogP contribution in [0.5, 0.6) is 0 Å². The molecule has 0 heterocycles. The van der Waals surface area contributed by atoms with Crippen LogP contribution in [0.1, 0.15) is 0 Å². The quantitative estimate of drug-likeness (QED) is 0.396. The third kappa shape index (κ3) is 4.72. The van der Waals surface area contributed by atoms with Gasteiger partial charge in [-0.1, -0.05) is 5.92 Å². The molecule has 0 saturated carbocycles. The molecule has 0 rings (SSSR count). The van der Waals surface area contributed by atoms with Crippen LogP contribution in [0.25, 0.3) is 0 Å². The molecule has 0 atom stereocenters. The summed E-state index contributed by atoms with van der Waals surface area (Å²) in [6.07, 6.45) is 4.97. The molecule has 0 aromatic heterocycles. The Kier molecular flexibility index (Phi) is 6.07. The summed E-state index contributed by atoms with van der Waals surface area (Å²) in [4.78, 5) is 12.5. The summed E-state index contributed by atoms with van der Waals surface area (Å²) in [5.74, 6) is 2.29. The van der Waals surface area contributed by atoms with Crippen molar-refractivity contribution in [3.8, 4) is 12.3 Å². The monoisotopic (exact) mass is 170 g/mol. The van der Waals surface area contributed by atoms with Gasteiger partial charge in [0.1, 0.15) is 0 Å². The van der Waals surface area contributed by atoms with Crippen LogP contribution in [0.4, 0.5) is 0 Å². The molecule has 4 nitrogen and oxygen atoms in total. The van der Waals surface area contributed by atoms with Crippen molar-refractivity contribution in [1.29, 1.82) is 0 Å². The smallest absolute Gasteiger partial charge is 0.236 e. The highest BCUT2D eigenvalue weighted by molar-refractivity contribution is 5.77. The van der Waals surface area contributed by atoms with Crippen molar-refractivity contribution in [2.45, 2.75) is 0 Å².